The van der Waals surface area contributed by atoms with E-state index in [9.17, 15) is 0 Å². The number of ether oxygens (including phenoxy) is 1. The summed E-state index contributed by atoms with van der Waals surface area (Å²) in [5.74, 6) is 1.61. The van der Waals surface area contributed by atoms with Crippen molar-refractivity contribution < 1.29 is 4.74 Å². The first-order valence-electron chi connectivity index (χ1n) is 7.61. The molecule has 0 bridgehead atoms. The number of benzene rings is 1. The van der Waals surface area contributed by atoms with E-state index in [2.05, 4.69) is 34.3 Å². The summed E-state index contributed by atoms with van der Waals surface area (Å²) in [5.41, 5.74) is 3.11. The van der Waals surface area contributed by atoms with E-state index in [0.29, 0.717) is 12.1 Å². The molecule has 0 atom stereocenters. The summed E-state index contributed by atoms with van der Waals surface area (Å²) in [7, 11) is 0. The second kappa shape index (κ2) is 6.12. The van der Waals surface area contributed by atoms with E-state index in [1.54, 1.807) is 0 Å². The van der Waals surface area contributed by atoms with Crippen molar-refractivity contribution in [3.8, 4) is 17.0 Å². The molecule has 1 fully saturated rings. The Morgan fingerprint density at radius 2 is 2.19 bits per heavy atom. The molecule has 0 unspecified atom stereocenters. The SMILES string of the molecule is CCCNc1ncc(C)c(-c2cccc(OC3CC3)c2)n1. The maximum Gasteiger partial charge on any atom is 0.223 e. The zero-order valence-electron chi connectivity index (χ0n) is 12.6. The highest BCUT2D eigenvalue weighted by Crippen LogP contribution is 2.30. The molecule has 0 radical (unpaired) electrons. The normalized spacial score (nSPS) is 14.0. The van der Waals surface area contributed by atoms with Crippen LogP contribution in [0.15, 0.2) is 30.5 Å². The smallest absolute Gasteiger partial charge is 0.223 e. The molecule has 1 aliphatic rings. The van der Waals surface area contributed by atoms with Gasteiger partial charge in [-0.25, -0.2) is 9.97 Å². The number of hydrogen-bond acceptors (Lipinski definition) is 4. The zero-order chi connectivity index (χ0) is 14.7. The summed E-state index contributed by atoms with van der Waals surface area (Å²) in [6.45, 7) is 5.04. The van der Waals surface area contributed by atoms with Gasteiger partial charge >= 0.3 is 0 Å². The molecule has 0 amide bonds. The molecule has 4 heteroatoms. The Labute approximate surface area is 125 Å². The zero-order valence-corrected chi connectivity index (χ0v) is 12.6. The van der Waals surface area contributed by atoms with E-state index < -0.39 is 0 Å². The molecular weight excluding hydrogens is 262 g/mol. The molecule has 0 aliphatic heterocycles. The van der Waals surface area contributed by atoms with Gasteiger partial charge in [0.2, 0.25) is 5.95 Å². The average molecular weight is 283 g/mol. The van der Waals surface area contributed by atoms with Crippen LogP contribution in [0.2, 0.25) is 0 Å². The minimum absolute atomic E-state index is 0.411. The van der Waals surface area contributed by atoms with Crippen molar-refractivity contribution in [1.29, 1.82) is 0 Å². The number of aryl methyl sites for hydroxylation is 1. The van der Waals surface area contributed by atoms with Crippen molar-refractivity contribution in [2.75, 3.05) is 11.9 Å². The van der Waals surface area contributed by atoms with E-state index in [4.69, 9.17) is 4.74 Å². The van der Waals surface area contributed by atoms with Crippen molar-refractivity contribution >= 4 is 5.95 Å². The first kappa shape index (κ1) is 13.9. The van der Waals surface area contributed by atoms with Crippen LogP contribution in [0.3, 0.4) is 0 Å². The second-order valence-electron chi connectivity index (χ2n) is 5.50. The maximum absolute atomic E-state index is 5.86. The quantitative estimate of drug-likeness (QED) is 0.875. The van der Waals surface area contributed by atoms with Crippen molar-refractivity contribution in [1.82, 2.24) is 9.97 Å². The van der Waals surface area contributed by atoms with Gasteiger partial charge in [-0.15, -0.1) is 0 Å². The summed E-state index contributed by atoms with van der Waals surface area (Å²) < 4.78 is 5.86. The van der Waals surface area contributed by atoms with Gasteiger partial charge in [-0.1, -0.05) is 19.1 Å². The first-order valence-corrected chi connectivity index (χ1v) is 7.61. The molecule has 3 rings (SSSR count). The molecule has 1 aromatic carbocycles. The lowest BCUT2D eigenvalue weighted by atomic mass is 10.1. The van der Waals surface area contributed by atoms with Crippen LogP contribution in [0.25, 0.3) is 11.3 Å². The molecular formula is C17H21N3O. The Morgan fingerprint density at radius 1 is 1.33 bits per heavy atom. The van der Waals surface area contributed by atoms with E-state index >= 15 is 0 Å². The fourth-order valence-corrected chi connectivity index (χ4v) is 2.15. The minimum Gasteiger partial charge on any atom is -0.490 e. The summed E-state index contributed by atoms with van der Waals surface area (Å²) in [4.78, 5) is 8.97. The lowest BCUT2D eigenvalue weighted by Crippen LogP contribution is -2.05. The molecule has 1 aliphatic carbocycles. The number of nitrogens with zero attached hydrogens (tertiary/aromatic N) is 2. The van der Waals surface area contributed by atoms with Crippen LogP contribution >= 0.6 is 0 Å². The van der Waals surface area contributed by atoms with Gasteiger partial charge in [0.15, 0.2) is 0 Å². The summed E-state index contributed by atoms with van der Waals surface area (Å²) in [5, 5.41) is 3.24. The molecule has 110 valence electrons. The van der Waals surface area contributed by atoms with Gasteiger partial charge in [0, 0.05) is 18.3 Å². The van der Waals surface area contributed by atoms with Crippen LogP contribution < -0.4 is 10.1 Å². The van der Waals surface area contributed by atoms with Gasteiger partial charge < -0.3 is 10.1 Å². The van der Waals surface area contributed by atoms with Gasteiger partial charge in [0.25, 0.3) is 0 Å². The van der Waals surface area contributed by atoms with Gasteiger partial charge in [0.1, 0.15) is 5.75 Å². The topological polar surface area (TPSA) is 47.0 Å². The molecule has 0 saturated heterocycles. The average Bonchev–Trinajstić information content (AvgIpc) is 3.30. The van der Waals surface area contributed by atoms with Crippen LogP contribution in [0, 0.1) is 6.92 Å². The number of hydrogen-bond donors (Lipinski definition) is 1. The van der Waals surface area contributed by atoms with E-state index in [0.717, 1.165) is 35.5 Å². The summed E-state index contributed by atoms with van der Waals surface area (Å²) >= 11 is 0. The monoisotopic (exact) mass is 283 g/mol. The van der Waals surface area contributed by atoms with E-state index in [-0.39, 0.29) is 0 Å². The van der Waals surface area contributed by atoms with Crippen molar-refractivity contribution in [2.24, 2.45) is 0 Å². The Morgan fingerprint density at radius 3 is 2.95 bits per heavy atom. The number of aromatic nitrogens is 2. The Bertz CT molecular complexity index is 623. The predicted molar refractivity (Wildman–Crippen MR) is 84.6 cm³/mol. The predicted octanol–water partition coefficient (Wildman–Crippen LogP) is 3.82. The van der Waals surface area contributed by atoms with Crippen LogP contribution in [0.4, 0.5) is 5.95 Å². The third kappa shape index (κ3) is 3.51. The molecule has 1 aromatic heterocycles. The molecule has 21 heavy (non-hydrogen) atoms. The largest absolute Gasteiger partial charge is 0.490 e. The molecule has 1 heterocycles. The summed E-state index contributed by atoms with van der Waals surface area (Å²) in [6.07, 6.45) is 5.67. The van der Waals surface area contributed by atoms with Crippen LogP contribution in [-0.4, -0.2) is 22.6 Å². The number of rotatable bonds is 6. The van der Waals surface area contributed by atoms with Crippen LogP contribution in [0.5, 0.6) is 5.75 Å². The number of nitrogens with one attached hydrogen (secondary N) is 1. The van der Waals surface area contributed by atoms with Gasteiger partial charge in [-0.2, -0.15) is 0 Å². The van der Waals surface area contributed by atoms with Crippen LogP contribution in [-0.2, 0) is 0 Å². The lowest BCUT2D eigenvalue weighted by Gasteiger charge is -2.10. The van der Waals surface area contributed by atoms with Crippen molar-refractivity contribution in [3.63, 3.8) is 0 Å². The summed E-state index contributed by atoms with van der Waals surface area (Å²) in [6, 6.07) is 8.16. The van der Waals surface area contributed by atoms with Gasteiger partial charge in [-0.3, -0.25) is 0 Å². The first-order chi connectivity index (χ1) is 10.3. The Hall–Kier alpha value is -2.10. The highest BCUT2D eigenvalue weighted by atomic mass is 16.5. The van der Waals surface area contributed by atoms with E-state index in [1.165, 1.54) is 12.8 Å². The molecule has 4 nitrogen and oxygen atoms in total. The fourth-order valence-electron chi connectivity index (χ4n) is 2.15. The van der Waals surface area contributed by atoms with Gasteiger partial charge in [0.05, 0.1) is 11.8 Å². The van der Waals surface area contributed by atoms with Gasteiger partial charge in [-0.05, 0) is 43.9 Å². The standard InChI is InChI=1S/C17H21N3O/c1-3-9-18-17-19-11-12(2)16(20-17)13-5-4-6-15(10-13)21-14-7-8-14/h4-6,10-11,14H,3,7-9H2,1-2H3,(H,18,19,20). The van der Waals surface area contributed by atoms with Crippen molar-refractivity contribution in [2.45, 2.75) is 39.2 Å². The molecule has 0 spiro atoms. The third-order valence-corrected chi connectivity index (χ3v) is 3.44. The minimum atomic E-state index is 0.411. The highest BCUT2D eigenvalue weighted by molar-refractivity contribution is 5.65. The molecule has 1 saturated carbocycles. The fraction of sp³-hybridized carbons (Fsp3) is 0.412. The highest BCUT2D eigenvalue weighted by Gasteiger charge is 2.23. The van der Waals surface area contributed by atoms with Crippen molar-refractivity contribution in [3.05, 3.63) is 36.0 Å². The number of anilines is 1. The molecule has 1 N–H and O–H groups in total. The Balaban J connectivity index is 1.87. The Kier molecular flexibility index (Phi) is 4.04. The van der Waals surface area contributed by atoms with Crippen LogP contribution in [0.1, 0.15) is 31.7 Å². The third-order valence-electron chi connectivity index (χ3n) is 3.44. The van der Waals surface area contributed by atoms with E-state index in [1.807, 2.05) is 25.3 Å². The maximum atomic E-state index is 5.86. The second-order valence-corrected chi connectivity index (χ2v) is 5.50. The lowest BCUT2D eigenvalue weighted by molar-refractivity contribution is 0.303. The molecule has 2 aromatic rings.